The summed E-state index contributed by atoms with van der Waals surface area (Å²) >= 11 is 6.10. The number of nitrogens with zero attached hydrogens (tertiary/aromatic N) is 1. The quantitative estimate of drug-likeness (QED) is 0.875. The summed E-state index contributed by atoms with van der Waals surface area (Å²) in [5.74, 6) is 0.160. The molecule has 2 aromatic rings. The van der Waals surface area contributed by atoms with Crippen LogP contribution in [0.4, 0.5) is 0 Å². The van der Waals surface area contributed by atoms with Gasteiger partial charge in [0.25, 0.3) is 0 Å². The summed E-state index contributed by atoms with van der Waals surface area (Å²) in [6.45, 7) is 2.44. The van der Waals surface area contributed by atoms with Gasteiger partial charge in [0.05, 0.1) is 24.4 Å². The van der Waals surface area contributed by atoms with Crippen LogP contribution < -0.4 is 4.74 Å². The molecule has 100 valence electrons. The van der Waals surface area contributed by atoms with Crippen LogP contribution in [0.5, 0.6) is 5.75 Å². The van der Waals surface area contributed by atoms with Crippen LogP contribution in [0.15, 0.2) is 24.3 Å². The number of ether oxygens (including phenoxy) is 2. The highest BCUT2D eigenvalue weighted by molar-refractivity contribution is 6.32. The predicted molar refractivity (Wildman–Crippen MR) is 71.5 cm³/mol. The third kappa shape index (κ3) is 2.88. The fourth-order valence-corrected chi connectivity index (χ4v) is 1.85. The molecule has 0 spiro atoms. The van der Waals surface area contributed by atoms with Gasteiger partial charge in [-0.25, -0.2) is 4.79 Å². The van der Waals surface area contributed by atoms with Gasteiger partial charge >= 0.3 is 5.97 Å². The first-order chi connectivity index (χ1) is 9.15. The third-order valence-corrected chi connectivity index (χ3v) is 2.81. The first-order valence-corrected chi connectivity index (χ1v) is 6.10. The van der Waals surface area contributed by atoms with Crippen molar-refractivity contribution in [1.82, 2.24) is 10.2 Å². The fraction of sp³-hybridized carbons (Fsp3) is 0.231. The molecule has 2 rings (SSSR count). The number of nitrogens with one attached hydrogen (secondary N) is 1. The third-order valence-electron chi connectivity index (χ3n) is 2.51. The Morgan fingerprint density at radius 2 is 2.21 bits per heavy atom. The standard InChI is InChI=1S/C13H13ClN2O3/c1-3-19-12-5-4-8(6-9(12)14)10-7-11(16-15-10)13(17)18-2/h4-7H,3H2,1-2H3,(H,15,16). The van der Waals surface area contributed by atoms with Gasteiger partial charge in [0.2, 0.25) is 0 Å². The molecule has 0 saturated heterocycles. The lowest BCUT2D eigenvalue weighted by molar-refractivity contribution is 0.0594. The number of carbonyl (C=O) groups is 1. The van der Waals surface area contributed by atoms with Gasteiger partial charge < -0.3 is 9.47 Å². The Morgan fingerprint density at radius 1 is 1.42 bits per heavy atom. The van der Waals surface area contributed by atoms with Crippen molar-refractivity contribution in [2.24, 2.45) is 0 Å². The van der Waals surface area contributed by atoms with Crippen LogP contribution in [0, 0.1) is 0 Å². The van der Waals surface area contributed by atoms with E-state index in [4.69, 9.17) is 16.3 Å². The Labute approximate surface area is 115 Å². The summed E-state index contributed by atoms with van der Waals surface area (Å²) in [5, 5.41) is 7.16. The van der Waals surface area contributed by atoms with Gasteiger partial charge in [-0.05, 0) is 31.2 Å². The van der Waals surface area contributed by atoms with Crippen LogP contribution in [-0.2, 0) is 4.74 Å². The van der Waals surface area contributed by atoms with Crippen LogP contribution in [0.1, 0.15) is 17.4 Å². The van der Waals surface area contributed by atoms with Gasteiger partial charge in [-0.1, -0.05) is 11.6 Å². The van der Waals surface area contributed by atoms with E-state index in [-0.39, 0.29) is 0 Å². The van der Waals surface area contributed by atoms with E-state index in [9.17, 15) is 4.79 Å². The predicted octanol–water partition coefficient (Wildman–Crippen LogP) is 2.92. The van der Waals surface area contributed by atoms with E-state index in [1.807, 2.05) is 13.0 Å². The number of carbonyl (C=O) groups excluding carboxylic acids is 1. The van der Waals surface area contributed by atoms with E-state index in [1.165, 1.54) is 7.11 Å². The van der Waals surface area contributed by atoms with Gasteiger partial charge in [-0.15, -0.1) is 0 Å². The van der Waals surface area contributed by atoms with Crippen molar-refractivity contribution in [2.75, 3.05) is 13.7 Å². The number of aromatic amines is 1. The van der Waals surface area contributed by atoms with E-state index in [0.29, 0.717) is 28.8 Å². The molecule has 5 nitrogen and oxygen atoms in total. The second-order valence-corrected chi connectivity index (χ2v) is 4.14. The molecular weight excluding hydrogens is 268 g/mol. The number of hydrogen-bond acceptors (Lipinski definition) is 4. The van der Waals surface area contributed by atoms with Gasteiger partial charge in [0.15, 0.2) is 0 Å². The molecule has 1 N–H and O–H groups in total. The summed E-state index contributed by atoms with van der Waals surface area (Å²) in [5.41, 5.74) is 1.70. The molecule has 0 saturated carbocycles. The van der Waals surface area contributed by atoms with Crippen molar-refractivity contribution in [3.8, 4) is 17.0 Å². The first-order valence-electron chi connectivity index (χ1n) is 5.72. The highest BCUT2D eigenvalue weighted by Crippen LogP contribution is 2.29. The molecule has 6 heteroatoms. The molecule has 1 heterocycles. The Hall–Kier alpha value is -2.01. The summed E-state index contributed by atoms with van der Waals surface area (Å²) < 4.78 is 9.96. The highest BCUT2D eigenvalue weighted by Gasteiger charge is 2.12. The van der Waals surface area contributed by atoms with E-state index in [1.54, 1.807) is 18.2 Å². The minimum atomic E-state index is -0.462. The number of benzene rings is 1. The van der Waals surface area contributed by atoms with E-state index in [2.05, 4.69) is 14.9 Å². The zero-order chi connectivity index (χ0) is 13.8. The molecule has 0 fully saturated rings. The maximum atomic E-state index is 11.3. The number of halogens is 1. The van der Waals surface area contributed by atoms with Crippen LogP contribution in [-0.4, -0.2) is 29.9 Å². The number of H-pyrrole nitrogens is 1. The van der Waals surface area contributed by atoms with Gasteiger partial charge in [-0.2, -0.15) is 5.10 Å². The van der Waals surface area contributed by atoms with Crippen molar-refractivity contribution in [2.45, 2.75) is 6.92 Å². The highest BCUT2D eigenvalue weighted by atomic mass is 35.5. The Kier molecular flexibility index (Phi) is 4.06. The Morgan fingerprint density at radius 3 is 2.84 bits per heavy atom. The van der Waals surface area contributed by atoms with Crippen molar-refractivity contribution in [3.63, 3.8) is 0 Å². The van der Waals surface area contributed by atoms with Gasteiger partial charge in [0.1, 0.15) is 11.4 Å². The summed E-state index contributed by atoms with van der Waals surface area (Å²) in [4.78, 5) is 11.3. The van der Waals surface area contributed by atoms with Gasteiger partial charge in [0, 0.05) is 5.56 Å². The molecule has 0 aliphatic rings. The minimum absolute atomic E-state index is 0.294. The fourth-order valence-electron chi connectivity index (χ4n) is 1.62. The number of esters is 1. The van der Waals surface area contributed by atoms with Crippen molar-refractivity contribution < 1.29 is 14.3 Å². The minimum Gasteiger partial charge on any atom is -0.492 e. The summed E-state index contributed by atoms with van der Waals surface area (Å²) in [7, 11) is 1.32. The van der Waals surface area contributed by atoms with E-state index >= 15 is 0 Å². The zero-order valence-electron chi connectivity index (χ0n) is 10.6. The molecule has 0 bridgehead atoms. The van der Waals surface area contributed by atoms with Crippen LogP contribution in [0.3, 0.4) is 0 Å². The number of aromatic nitrogens is 2. The normalized spacial score (nSPS) is 10.3. The van der Waals surface area contributed by atoms with E-state index in [0.717, 1.165) is 5.56 Å². The Balaban J connectivity index is 2.29. The number of hydrogen-bond donors (Lipinski definition) is 1. The molecular formula is C13H13ClN2O3. The topological polar surface area (TPSA) is 64.2 Å². The van der Waals surface area contributed by atoms with Crippen LogP contribution in [0.25, 0.3) is 11.3 Å². The van der Waals surface area contributed by atoms with Crippen LogP contribution in [0.2, 0.25) is 5.02 Å². The second-order valence-electron chi connectivity index (χ2n) is 3.74. The number of rotatable bonds is 4. The van der Waals surface area contributed by atoms with Crippen molar-refractivity contribution >= 4 is 17.6 Å². The maximum absolute atomic E-state index is 11.3. The van der Waals surface area contributed by atoms with Gasteiger partial charge in [-0.3, -0.25) is 5.10 Å². The molecule has 0 aliphatic heterocycles. The SMILES string of the molecule is CCOc1ccc(-c2cc(C(=O)OC)[nH]n2)cc1Cl. The largest absolute Gasteiger partial charge is 0.492 e. The van der Waals surface area contributed by atoms with Crippen molar-refractivity contribution in [3.05, 3.63) is 35.0 Å². The monoisotopic (exact) mass is 280 g/mol. The van der Waals surface area contributed by atoms with Crippen LogP contribution >= 0.6 is 11.6 Å². The molecule has 0 atom stereocenters. The molecule has 0 amide bonds. The molecule has 0 unspecified atom stereocenters. The molecule has 19 heavy (non-hydrogen) atoms. The molecule has 0 aliphatic carbocycles. The maximum Gasteiger partial charge on any atom is 0.356 e. The summed E-state index contributed by atoms with van der Waals surface area (Å²) in [6.07, 6.45) is 0. The Bertz CT molecular complexity index is 595. The lowest BCUT2D eigenvalue weighted by atomic mass is 10.1. The summed E-state index contributed by atoms with van der Waals surface area (Å²) in [6, 6.07) is 6.95. The van der Waals surface area contributed by atoms with Crippen molar-refractivity contribution in [1.29, 1.82) is 0 Å². The molecule has 1 aromatic heterocycles. The lowest BCUT2D eigenvalue weighted by Crippen LogP contribution is -2.00. The zero-order valence-corrected chi connectivity index (χ0v) is 11.3. The second kappa shape index (κ2) is 5.75. The number of methoxy groups -OCH3 is 1. The molecule has 1 aromatic carbocycles. The first kappa shape index (κ1) is 13.4. The average molecular weight is 281 g/mol. The smallest absolute Gasteiger partial charge is 0.356 e. The average Bonchev–Trinajstić information content (AvgIpc) is 2.90. The lowest BCUT2D eigenvalue weighted by Gasteiger charge is -2.06. The van der Waals surface area contributed by atoms with E-state index < -0.39 is 5.97 Å². The molecule has 0 radical (unpaired) electrons.